The summed E-state index contributed by atoms with van der Waals surface area (Å²) in [6.07, 6.45) is 0.472. The lowest BCUT2D eigenvalue weighted by atomic mass is 10.2. The minimum absolute atomic E-state index is 0.148. The Morgan fingerprint density at radius 2 is 1.78 bits per heavy atom. The third kappa shape index (κ3) is 5.29. The highest BCUT2D eigenvalue weighted by molar-refractivity contribution is 7.98. The van der Waals surface area contributed by atoms with Crippen LogP contribution in [0.2, 0.25) is 0 Å². The molecule has 170 valence electrons. The van der Waals surface area contributed by atoms with E-state index in [1.807, 2.05) is 37.3 Å². The molecule has 0 fully saturated rings. The van der Waals surface area contributed by atoms with Gasteiger partial charge in [0.15, 0.2) is 5.16 Å². The smallest absolute Gasteiger partial charge is 0.247 e. The van der Waals surface area contributed by atoms with Gasteiger partial charge >= 0.3 is 0 Å². The van der Waals surface area contributed by atoms with E-state index in [0.717, 1.165) is 9.87 Å². The fourth-order valence-electron chi connectivity index (χ4n) is 3.03. The Labute approximate surface area is 192 Å². The first kappa shape index (κ1) is 23.8. The normalized spacial score (nSPS) is 12.6. The van der Waals surface area contributed by atoms with Gasteiger partial charge in [-0.1, -0.05) is 49.0 Å². The molecule has 9 nitrogen and oxygen atoms in total. The van der Waals surface area contributed by atoms with E-state index in [1.165, 1.54) is 38.0 Å². The number of rotatable bonds is 9. The Morgan fingerprint density at radius 3 is 2.38 bits per heavy atom. The number of anilines is 2. The van der Waals surface area contributed by atoms with Gasteiger partial charge in [-0.15, -0.1) is 10.2 Å². The highest BCUT2D eigenvalue weighted by Crippen LogP contribution is 2.28. The second-order valence-corrected chi connectivity index (χ2v) is 10.3. The summed E-state index contributed by atoms with van der Waals surface area (Å²) < 4.78 is 27.2. The average molecular weight is 475 g/mol. The molecule has 0 saturated heterocycles. The molecule has 0 saturated carbocycles. The van der Waals surface area contributed by atoms with Crippen LogP contribution in [-0.2, 0) is 20.6 Å². The Morgan fingerprint density at radius 1 is 1.12 bits per heavy atom. The van der Waals surface area contributed by atoms with Gasteiger partial charge in [0.05, 0.1) is 4.90 Å². The van der Waals surface area contributed by atoms with Gasteiger partial charge < -0.3 is 11.1 Å². The number of hydrogen-bond acceptors (Lipinski definition) is 7. The van der Waals surface area contributed by atoms with Gasteiger partial charge in [0, 0.05) is 25.5 Å². The number of nitrogens with one attached hydrogen (secondary N) is 1. The molecule has 1 atom stereocenters. The van der Waals surface area contributed by atoms with Crippen LogP contribution in [0.15, 0.2) is 64.6 Å². The lowest BCUT2D eigenvalue weighted by Crippen LogP contribution is -2.27. The first-order valence-electron chi connectivity index (χ1n) is 9.94. The lowest BCUT2D eigenvalue weighted by Gasteiger charge is -2.19. The topological polar surface area (TPSA) is 123 Å². The molecule has 3 N–H and O–H groups in total. The minimum atomic E-state index is -3.54. The van der Waals surface area contributed by atoms with E-state index < -0.39 is 16.1 Å². The van der Waals surface area contributed by atoms with Crippen molar-refractivity contribution < 1.29 is 13.2 Å². The second-order valence-electron chi connectivity index (χ2n) is 7.21. The summed E-state index contributed by atoms with van der Waals surface area (Å²) in [6.45, 7) is 1.88. The maximum atomic E-state index is 13.0. The van der Waals surface area contributed by atoms with Gasteiger partial charge in [-0.25, -0.2) is 12.7 Å². The van der Waals surface area contributed by atoms with E-state index in [0.29, 0.717) is 23.0 Å². The number of nitrogen functional groups attached to an aromatic ring is 1. The predicted molar refractivity (Wildman–Crippen MR) is 126 cm³/mol. The fraction of sp³-hybridized carbons (Fsp3) is 0.286. The summed E-state index contributed by atoms with van der Waals surface area (Å²) in [6, 6.07) is 15.3. The van der Waals surface area contributed by atoms with Crippen molar-refractivity contribution in [3.05, 3.63) is 60.2 Å². The highest BCUT2D eigenvalue weighted by Gasteiger charge is 2.25. The number of sulfonamides is 1. The number of nitrogens with zero attached hydrogens (tertiary/aromatic N) is 4. The highest BCUT2D eigenvalue weighted by atomic mass is 32.2. The standard InChI is InChI=1S/C21H26N6O3S2/c1-4-18(19(28)23-16-10-12-17(13-11-16)32(29,30)26(2)3)27-20(22)24-25-21(27)31-14-15-8-6-5-7-9-15/h5-13,18H,4,14H2,1-3H3,(H2,22,24)(H,23,28). The first-order valence-corrected chi connectivity index (χ1v) is 12.4. The minimum Gasteiger partial charge on any atom is -0.368 e. The summed E-state index contributed by atoms with van der Waals surface area (Å²) in [5, 5.41) is 11.5. The molecule has 0 aliphatic heterocycles. The monoisotopic (exact) mass is 474 g/mol. The van der Waals surface area contributed by atoms with Gasteiger partial charge in [-0.3, -0.25) is 9.36 Å². The van der Waals surface area contributed by atoms with Gasteiger partial charge in [0.1, 0.15) is 6.04 Å². The number of benzene rings is 2. The van der Waals surface area contributed by atoms with Crippen LogP contribution in [0.1, 0.15) is 24.9 Å². The number of thioether (sulfide) groups is 1. The summed E-state index contributed by atoms with van der Waals surface area (Å²) in [7, 11) is -0.606. The number of amides is 1. The van der Waals surface area contributed by atoms with Crippen molar-refractivity contribution in [1.82, 2.24) is 19.1 Å². The van der Waals surface area contributed by atoms with Gasteiger partial charge in [0.2, 0.25) is 21.9 Å². The van der Waals surface area contributed by atoms with E-state index in [4.69, 9.17) is 5.73 Å². The summed E-state index contributed by atoms with van der Waals surface area (Å²) in [5.74, 6) is 0.539. The number of hydrogen-bond donors (Lipinski definition) is 2. The molecule has 1 aromatic heterocycles. The zero-order valence-electron chi connectivity index (χ0n) is 18.1. The molecule has 0 spiro atoms. The van der Waals surface area contributed by atoms with E-state index in [1.54, 1.807) is 16.7 Å². The molecule has 0 aliphatic carbocycles. The number of carbonyl (C=O) groups is 1. The zero-order valence-corrected chi connectivity index (χ0v) is 19.7. The zero-order chi connectivity index (χ0) is 23.3. The molecular formula is C21H26N6O3S2. The van der Waals surface area contributed by atoms with Crippen molar-refractivity contribution in [1.29, 1.82) is 0 Å². The number of carbonyl (C=O) groups excluding carboxylic acids is 1. The largest absolute Gasteiger partial charge is 0.368 e. The molecule has 2 aromatic carbocycles. The Balaban J connectivity index is 1.76. The van der Waals surface area contributed by atoms with E-state index in [-0.39, 0.29) is 16.8 Å². The van der Waals surface area contributed by atoms with Crippen LogP contribution in [0.5, 0.6) is 0 Å². The molecule has 0 radical (unpaired) electrons. The van der Waals surface area contributed by atoms with Crippen LogP contribution in [0.25, 0.3) is 0 Å². The van der Waals surface area contributed by atoms with Gasteiger partial charge in [0.25, 0.3) is 0 Å². The van der Waals surface area contributed by atoms with Gasteiger partial charge in [-0.05, 0) is 36.2 Å². The van der Waals surface area contributed by atoms with Crippen molar-refractivity contribution >= 4 is 39.3 Å². The molecule has 11 heteroatoms. The molecule has 3 aromatic rings. The Bertz CT molecular complexity index is 1160. The van der Waals surface area contributed by atoms with Crippen LogP contribution >= 0.6 is 11.8 Å². The number of nitrogens with two attached hydrogens (primary N) is 1. The SMILES string of the molecule is CCC(C(=O)Nc1ccc(S(=O)(=O)N(C)C)cc1)n1c(N)nnc1SCc1ccccc1. The molecule has 0 bridgehead atoms. The summed E-state index contributed by atoms with van der Waals surface area (Å²) in [4.78, 5) is 13.2. The fourth-order valence-corrected chi connectivity index (χ4v) is 4.88. The predicted octanol–water partition coefficient (Wildman–Crippen LogP) is 2.99. The van der Waals surface area contributed by atoms with Crippen LogP contribution in [0.3, 0.4) is 0 Å². The van der Waals surface area contributed by atoms with Gasteiger partial charge in [-0.2, -0.15) is 0 Å². The van der Waals surface area contributed by atoms with Crippen molar-refractivity contribution in [3.8, 4) is 0 Å². The molecule has 1 heterocycles. The Kier molecular flexibility index (Phi) is 7.54. The molecule has 0 aliphatic rings. The maximum Gasteiger partial charge on any atom is 0.247 e. The average Bonchev–Trinajstić information content (AvgIpc) is 3.14. The Hall–Kier alpha value is -2.89. The van der Waals surface area contributed by atoms with Crippen LogP contribution in [0.4, 0.5) is 11.6 Å². The third-order valence-electron chi connectivity index (χ3n) is 4.80. The quantitative estimate of drug-likeness (QED) is 0.457. The van der Waals surface area contributed by atoms with Crippen LogP contribution in [-0.4, -0.2) is 47.5 Å². The number of aromatic nitrogens is 3. The van der Waals surface area contributed by atoms with E-state index in [9.17, 15) is 13.2 Å². The molecular weight excluding hydrogens is 448 g/mol. The van der Waals surface area contributed by atoms with Crippen molar-refractivity contribution in [2.24, 2.45) is 0 Å². The molecule has 1 amide bonds. The second kappa shape index (κ2) is 10.2. The summed E-state index contributed by atoms with van der Waals surface area (Å²) >= 11 is 1.45. The van der Waals surface area contributed by atoms with Crippen molar-refractivity contribution in [3.63, 3.8) is 0 Å². The van der Waals surface area contributed by atoms with E-state index >= 15 is 0 Å². The molecule has 3 rings (SSSR count). The van der Waals surface area contributed by atoms with E-state index in [2.05, 4.69) is 15.5 Å². The lowest BCUT2D eigenvalue weighted by molar-refractivity contribution is -0.119. The van der Waals surface area contributed by atoms with Crippen molar-refractivity contribution in [2.45, 2.75) is 35.2 Å². The third-order valence-corrected chi connectivity index (χ3v) is 7.65. The van der Waals surface area contributed by atoms with Crippen LogP contribution in [0, 0.1) is 0 Å². The van der Waals surface area contributed by atoms with Crippen LogP contribution < -0.4 is 11.1 Å². The first-order chi connectivity index (χ1) is 15.2. The summed E-state index contributed by atoms with van der Waals surface area (Å²) in [5.41, 5.74) is 7.64. The van der Waals surface area contributed by atoms with Crippen molar-refractivity contribution in [2.75, 3.05) is 25.1 Å². The molecule has 32 heavy (non-hydrogen) atoms. The maximum absolute atomic E-state index is 13.0. The molecule has 1 unspecified atom stereocenters.